The number of nitrogens with one attached hydrogen (secondary N) is 1. The van der Waals surface area contributed by atoms with E-state index in [4.69, 9.17) is 5.73 Å². The van der Waals surface area contributed by atoms with E-state index in [1.807, 2.05) is 11.8 Å². The molecular weight excluding hydrogens is 208 g/mol. The summed E-state index contributed by atoms with van der Waals surface area (Å²) in [4.78, 5) is 11.8. The van der Waals surface area contributed by atoms with Gasteiger partial charge in [0.1, 0.15) is 0 Å². The van der Waals surface area contributed by atoms with Gasteiger partial charge in [0.2, 0.25) is 5.91 Å². The molecular formula is C11H20N2OS. The fourth-order valence-electron chi connectivity index (χ4n) is 2.47. The molecule has 2 aliphatic rings. The summed E-state index contributed by atoms with van der Waals surface area (Å²) in [6.45, 7) is 0.840. The van der Waals surface area contributed by atoms with Gasteiger partial charge in [-0.25, -0.2) is 0 Å². The quantitative estimate of drug-likeness (QED) is 0.761. The van der Waals surface area contributed by atoms with E-state index in [0.29, 0.717) is 5.25 Å². The topological polar surface area (TPSA) is 55.1 Å². The summed E-state index contributed by atoms with van der Waals surface area (Å²) >= 11 is 1.98. The van der Waals surface area contributed by atoms with Crippen LogP contribution in [-0.4, -0.2) is 29.5 Å². The summed E-state index contributed by atoms with van der Waals surface area (Å²) in [6, 6.07) is 0.0984. The second-order valence-electron chi connectivity index (χ2n) is 4.58. The average molecular weight is 228 g/mol. The number of hydrogen-bond donors (Lipinski definition) is 2. The monoisotopic (exact) mass is 228 g/mol. The van der Waals surface area contributed by atoms with Crippen molar-refractivity contribution in [3.05, 3.63) is 0 Å². The van der Waals surface area contributed by atoms with E-state index in [1.165, 1.54) is 18.6 Å². The van der Waals surface area contributed by atoms with E-state index in [9.17, 15) is 4.79 Å². The second-order valence-corrected chi connectivity index (χ2v) is 5.99. The third-order valence-corrected chi connectivity index (χ3v) is 4.83. The van der Waals surface area contributed by atoms with Gasteiger partial charge in [-0.15, -0.1) is 0 Å². The molecule has 4 heteroatoms. The van der Waals surface area contributed by atoms with Crippen LogP contribution in [0, 0.1) is 5.92 Å². The molecule has 0 aromatic carbocycles. The Kier molecular flexibility index (Phi) is 3.92. The second kappa shape index (κ2) is 5.21. The van der Waals surface area contributed by atoms with Gasteiger partial charge in [-0.3, -0.25) is 4.79 Å². The van der Waals surface area contributed by atoms with Gasteiger partial charge >= 0.3 is 0 Å². The largest absolute Gasteiger partial charge is 0.355 e. The summed E-state index contributed by atoms with van der Waals surface area (Å²) < 4.78 is 0. The highest BCUT2D eigenvalue weighted by Gasteiger charge is 2.30. The van der Waals surface area contributed by atoms with E-state index >= 15 is 0 Å². The summed E-state index contributed by atoms with van der Waals surface area (Å²) in [7, 11) is 0. The Morgan fingerprint density at radius 3 is 2.80 bits per heavy atom. The lowest BCUT2D eigenvalue weighted by Gasteiger charge is -2.16. The standard InChI is InChI=1S/C11H20N2OS/c12-10-5-1-4-9(10)11(14)13-7-8-3-2-6-15-8/h8-10H,1-7,12H2,(H,13,14). The average Bonchev–Trinajstić information content (AvgIpc) is 2.84. The van der Waals surface area contributed by atoms with Crippen LogP contribution >= 0.6 is 11.8 Å². The molecule has 2 fully saturated rings. The lowest BCUT2D eigenvalue weighted by molar-refractivity contribution is -0.125. The highest BCUT2D eigenvalue weighted by Crippen LogP contribution is 2.26. The minimum absolute atomic E-state index is 0.0800. The van der Waals surface area contributed by atoms with Gasteiger partial charge in [-0.2, -0.15) is 11.8 Å². The predicted molar refractivity (Wildman–Crippen MR) is 63.8 cm³/mol. The number of thioether (sulfide) groups is 1. The molecule has 1 aliphatic heterocycles. The lowest BCUT2D eigenvalue weighted by atomic mass is 10.0. The van der Waals surface area contributed by atoms with Crippen LogP contribution < -0.4 is 11.1 Å². The highest BCUT2D eigenvalue weighted by atomic mass is 32.2. The first-order valence-corrected chi connectivity index (χ1v) is 6.97. The van der Waals surface area contributed by atoms with Crippen LogP contribution in [0.3, 0.4) is 0 Å². The molecule has 1 amide bonds. The molecule has 0 aromatic rings. The summed E-state index contributed by atoms with van der Waals surface area (Å²) in [6.07, 6.45) is 5.65. The predicted octanol–water partition coefficient (Wildman–Crippen LogP) is 1.13. The van der Waals surface area contributed by atoms with Crippen molar-refractivity contribution in [2.24, 2.45) is 11.7 Å². The third-order valence-electron chi connectivity index (χ3n) is 3.43. The van der Waals surface area contributed by atoms with Crippen molar-refractivity contribution >= 4 is 17.7 Å². The van der Waals surface area contributed by atoms with E-state index in [2.05, 4.69) is 5.32 Å². The van der Waals surface area contributed by atoms with Crippen LogP contribution in [0.2, 0.25) is 0 Å². The first kappa shape index (κ1) is 11.3. The molecule has 86 valence electrons. The summed E-state index contributed by atoms with van der Waals surface area (Å²) in [5.41, 5.74) is 5.90. The normalized spacial score (nSPS) is 35.7. The smallest absolute Gasteiger partial charge is 0.224 e. The maximum atomic E-state index is 11.8. The van der Waals surface area contributed by atoms with E-state index in [1.54, 1.807) is 0 Å². The Labute approximate surface area is 95.6 Å². The zero-order chi connectivity index (χ0) is 10.7. The zero-order valence-electron chi connectivity index (χ0n) is 9.08. The minimum atomic E-state index is 0.0800. The van der Waals surface area contributed by atoms with Crippen LogP contribution in [0.1, 0.15) is 32.1 Å². The minimum Gasteiger partial charge on any atom is -0.355 e. The summed E-state index contributed by atoms with van der Waals surface area (Å²) in [5.74, 6) is 1.52. The molecule has 0 aromatic heterocycles. The van der Waals surface area contributed by atoms with Gasteiger partial charge < -0.3 is 11.1 Å². The van der Waals surface area contributed by atoms with Gasteiger partial charge in [0.15, 0.2) is 0 Å². The van der Waals surface area contributed by atoms with Gasteiger partial charge in [0, 0.05) is 17.8 Å². The Morgan fingerprint density at radius 1 is 1.33 bits per heavy atom. The Morgan fingerprint density at radius 2 is 2.20 bits per heavy atom. The number of carbonyl (C=O) groups is 1. The van der Waals surface area contributed by atoms with E-state index < -0.39 is 0 Å². The molecule has 1 saturated heterocycles. The van der Waals surface area contributed by atoms with Crippen LogP contribution in [-0.2, 0) is 4.79 Å². The molecule has 0 spiro atoms. The van der Waals surface area contributed by atoms with Crippen LogP contribution in [0.25, 0.3) is 0 Å². The van der Waals surface area contributed by atoms with Crippen molar-refractivity contribution in [1.82, 2.24) is 5.32 Å². The maximum absolute atomic E-state index is 11.8. The van der Waals surface area contributed by atoms with Gasteiger partial charge in [-0.05, 0) is 31.4 Å². The van der Waals surface area contributed by atoms with Crippen LogP contribution in [0.5, 0.6) is 0 Å². The fourth-order valence-corrected chi connectivity index (χ4v) is 3.67. The molecule has 1 aliphatic carbocycles. The molecule has 3 nitrogen and oxygen atoms in total. The van der Waals surface area contributed by atoms with Crippen molar-refractivity contribution in [3.8, 4) is 0 Å². The highest BCUT2D eigenvalue weighted by molar-refractivity contribution is 8.00. The lowest BCUT2D eigenvalue weighted by Crippen LogP contribution is -2.40. The fraction of sp³-hybridized carbons (Fsp3) is 0.909. The number of hydrogen-bond acceptors (Lipinski definition) is 3. The SMILES string of the molecule is NC1CCCC1C(=O)NCC1CCCS1. The van der Waals surface area contributed by atoms with Crippen LogP contribution in [0.15, 0.2) is 0 Å². The van der Waals surface area contributed by atoms with Crippen molar-refractivity contribution in [2.75, 3.05) is 12.3 Å². The first-order chi connectivity index (χ1) is 7.27. The molecule has 15 heavy (non-hydrogen) atoms. The van der Waals surface area contributed by atoms with Crippen molar-refractivity contribution < 1.29 is 4.79 Å². The van der Waals surface area contributed by atoms with Crippen molar-refractivity contribution in [3.63, 3.8) is 0 Å². The number of amides is 1. The molecule has 3 atom stereocenters. The van der Waals surface area contributed by atoms with E-state index in [-0.39, 0.29) is 17.9 Å². The molecule has 1 heterocycles. The summed E-state index contributed by atoms with van der Waals surface area (Å²) in [5, 5.41) is 3.70. The molecule has 2 rings (SSSR count). The Hall–Kier alpha value is -0.220. The molecule has 3 N–H and O–H groups in total. The number of carbonyl (C=O) groups excluding carboxylic acids is 1. The van der Waals surface area contributed by atoms with E-state index in [0.717, 1.165) is 25.8 Å². The van der Waals surface area contributed by atoms with Gasteiger partial charge in [0.05, 0.1) is 5.92 Å². The maximum Gasteiger partial charge on any atom is 0.224 e. The third kappa shape index (κ3) is 2.88. The number of nitrogens with two attached hydrogens (primary N) is 1. The number of rotatable bonds is 3. The molecule has 1 saturated carbocycles. The molecule has 0 bridgehead atoms. The first-order valence-electron chi connectivity index (χ1n) is 5.92. The zero-order valence-corrected chi connectivity index (χ0v) is 9.89. The van der Waals surface area contributed by atoms with Crippen LogP contribution in [0.4, 0.5) is 0 Å². The van der Waals surface area contributed by atoms with Gasteiger partial charge in [-0.1, -0.05) is 6.42 Å². The molecule has 0 radical (unpaired) electrons. The van der Waals surface area contributed by atoms with Crippen molar-refractivity contribution in [2.45, 2.75) is 43.4 Å². The molecule has 3 unspecified atom stereocenters. The Bertz CT molecular complexity index is 229. The Balaban J connectivity index is 1.71. The van der Waals surface area contributed by atoms with Gasteiger partial charge in [0.25, 0.3) is 0 Å². The van der Waals surface area contributed by atoms with Crippen molar-refractivity contribution in [1.29, 1.82) is 0 Å².